The number of benzene rings is 2. The topological polar surface area (TPSA) is 69.2 Å². The zero-order chi connectivity index (χ0) is 19.7. The van der Waals surface area contributed by atoms with Crippen LogP contribution in [0.2, 0.25) is 0 Å². The van der Waals surface area contributed by atoms with E-state index in [2.05, 4.69) is 17.1 Å². The van der Waals surface area contributed by atoms with Gasteiger partial charge in [0.05, 0.1) is 6.04 Å². The van der Waals surface area contributed by atoms with Crippen LogP contribution in [-0.2, 0) is 0 Å². The van der Waals surface area contributed by atoms with Gasteiger partial charge in [-0.05, 0) is 24.6 Å². The second kappa shape index (κ2) is 7.46. The number of aromatic nitrogens is 2. The number of carbonyl (C=O) groups is 1. The van der Waals surface area contributed by atoms with E-state index in [9.17, 15) is 14.3 Å². The Morgan fingerprint density at radius 3 is 2.64 bits per heavy atom. The number of aromatic hydroxyl groups is 1. The smallest absolute Gasteiger partial charge is 0.273 e. The molecule has 4 rings (SSSR count). The first-order valence-electron chi connectivity index (χ1n) is 9.55. The first kappa shape index (κ1) is 18.2. The van der Waals surface area contributed by atoms with Crippen LogP contribution >= 0.6 is 0 Å². The predicted molar refractivity (Wildman–Crippen MR) is 104 cm³/mol. The quantitative estimate of drug-likeness (QED) is 0.612. The number of unbranched alkanes of at least 4 members (excludes halogenated alkanes) is 2. The fraction of sp³-hybridized carbons (Fsp3) is 0.273. The number of para-hydroxylation sites is 1. The third-order valence-corrected chi connectivity index (χ3v) is 5.23. The maximum absolute atomic E-state index is 14.7. The van der Waals surface area contributed by atoms with Crippen LogP contribution in [0.1, 0.15) is 53.8 Å². The summed E-state index contributed by atoms with van der Waals surface area (Å²) < 4.78 is 14.7. The summed E-state index contributed by atoms with van der Waals surface area (Å²) in [5.74, 6) is -0.479. The molecule has 1 aliphatic rings. The number of nitrogens with zero attached hydrogens (tertiary/aromatic N) is 2. The van der Waals surface area contributed by atoms with Gasteiger partial charge in [0, 0.05) is 23.2 Å². The Bertz CT molecular complexity index is 1010. The lowest BCUT2D eigenvalue weighted by atomic mass is 9.95. The Kier molecular flexibility index (Phi) is 4.86. The van der Waals surface area contributed by atoms with Gasteiger partial charge in [-0.1, -0.05) is 50.1 Å². The molecule has 1 amide bonds. The molecule has 6 heteroatoms. The molecule has 1 aliphatic heterocycles. The molecule has 1 atom stereocenters. The first-order valence-corrected chi connectivity index (χ1v) is 9.55. The molecule has 0 bridgehead atoms. The van der Waals surface area contributed by atoms with Gasteiger partial charge < -0.3 is 10.0 Å². The number of phenols is 1. The van der Waals surface area contributed by atoms with Crippen molar-refractivity contribution < 1.29 is 14.3 Å². The van der Waals surface area contributed by atoms with Gasteiger partial charge in [0.15, 0.2) is 0 Å². The SMILES string of the molecule is CCCCCN1C(=O)c2[nH]nc(-c3ccccc3O)c2C1c1ccccc1F. The summed E-state index contributed by atoms with van der Waals surface area (Å²) in [6.07, 6.45) is 2.87. The minimum atomic E-state index is -0.575. The lowest BCUT2D eigenvalue weighted by Crippen LogP contribution is -2.31. The van der Waals surface area contributed by atoms with Crippen LogP contribution in [0.3, 0.4) is 0 Å². The van der Waals surface area contributed by atoms with Crippen molar-refractivity contribution in [1.29, 1.82) is 0 Å². The summed E-state index contributed by atoms with van der Waals surface area (Å²) in [6, 6.07) is 12.8. The molecule has 0 fully saturated rings. The zero-order valence-electron chi connectivity index (χ0n) is 15.7. The van der Waals surface area contributed by atoms with Crippen LogP contribution in [0.4, 0.5) is 4.39 Å². The molecule has 3 aromatic rings. The maximum atomic E-state index is 14.7. The third-order valence-electron chi connectivity index (χ3n) is 5.23. The predicted octanol–water partition coefficient (Wildman–Crippen LogP) is 4.66. The number of nitrogens with one attached hydrogen (secondary N) is 1. The summed E-state index contributed by atoms with van der Waals surface area (Å²) in [5, 5.41) is 17.4. The first-order chi connectivity index (χ1) is 13.6. The number of amides is 1. The van der Waals surface area contributed by atoms with E-state index in [1.54, 1.807) is 47.4 Å². The van der Waals surface area contributed by atoms with Gasteiger partial charge in [-0.25, -0.2) is 4.39 Å². The number of aromatic amines is 1. The van der Waals surface area contributed by atoms with Crippen molar-refractivity contribution in [3.63, 3.8) is 0 Å². The molecule has 0 aliphatic carbocycles. The molecule has 0 saturated heterocycles. The van der Waals surface area contributed by atoms with Crippen LogP contribution < -0.4 is 0 Å². The van der Waals surface area contributed by atoms with Crippen molar-refractivity contribution in [3.8, 4) is 17.0 Å². The standard InChI is InChI=1S/C22H22FN3O2/c1-2-3-8-13-26-21(14-9-4-6-11-16(14)23)18-19(24-25-20(18)22(26)28)15-10-5-7-12-17(15)27/h4-7,9-12,21,27H,2-3,8,13H2,1H3,(H,24,25). The Morgan fingerprint density at radius 2 is 1.89 bits per heavy atom. The number of rotatable bonds is 6. The van der Waals surface area contributed by atoms with Crippen molar-refractivity contribution in [2.75, 3.05) is 6.54 Å². The van der Waals surface area contributed by atoms with Gasteiger partial charge in [-0.3, -0.25) is 9.89 Å². The van der Waals surface area contributed by atoms with E-state index in [0.717, 1.165) is 19.3 Å². The van der Waals surface area contributed by atoms with E-state index >= 15 is 0 Å². The van der Waals surface area contributed by atoms with Gasteiger partial charge in [0.25, 0.3) is 5.91 Å². The van der Waals surface area contributed by atoms with Crippen LogP contribution in [0.15, 0.2) is 48.5 Å². The molecule has 1 unspecified atom stereocenters. The summed E-state index contributed by atoms with van der Waals surface area (Å²) in [5.41, 5.74) is 2.41. The minimum Gasteiger partial charge on any atom is -0.507 e. The molecule has 5 nitrogen and oxygen atoms in total. The lowest BCUT2D eigenvalue weighted by molar-refractivity contribution is 0.0739. The van der Waals surface area contributed by atoms with Crippen LogP contribution in [0.5, 0.6) is 5.75 Å². The van der Waals surface area contributed by atoms with E-state index in [-0.39, 0.29) is 17.5 Å². The summed E-state index contributed by atoms with van der Waals surface area (Å²) >= 11 is 0. The van der Waals surface area contributed by atoms with E-state index in [1.807, 2.05) is 0 Å². The van der Waals surface area contributed by atoms with Crippen molar-refractivity contribution in [1.82, 2.24) is 15.1 Å². The highest BCUT2D eigenvalue weighted by atomic mass is 19.1. The highest BCUT2D eigenvalue weighted by Gasteiger charge is 2.43. The number of H-pyrrole nitrogens is 1. The van der Waals surface area contributed by atoms with Crippen LogP contribution in [-0.4, -0.2) is 32.7 Å². The van der Waals surface area contributed by atoms with E-state index in [4.69, 9.17) is 0 Å². The van der Waals surface area contributed by atoms with Crippen molar-refractivity contribution >= 4 is 5.91 Å². The van der Waals surface area contributed by atoms with Gasteiger partial charge in [0.2, 0.25) is 0 Å². The summed E-state index contributed by atoms with van der Waals surface area (Å²) in [6.45, 7) is 2.64. The van der Waals surface area contributed by atoms with Gasteiger partial charge in [0.1, 0.15) is 23.0 Å². The molecule has 2 N–H and O–H groups in total. The van der Waals surface area contributed by atoms with E-state index < -0.39 is 6.04 Å². The fourth-order valence-electron chi connectivity index (χ4n) is 3.86. The van der Waals surface area contributed by atoms with Gasteiger partial charge >= 0.3 is 0 Å². The van der Waals surface area contributed by atoms with Crippen molar-refractivity contribution in [2.45, 2.75) is 32.2 Å². The highest BCUT2D eigenvalue weighted by Crippen LogP contribution is 2.44. The number of fused-ring (bicyclic) bond motifs is 1. The Morgan fingerprint density at radius 1 is 1.14 bits per heavy atom. The molecule has 2 aromatic carbocycles. The highest BCUT2D eigenvalue weighted by molar-refractivity contribution is 6.00. The molecule has 2 heterocycles. The molecule has 0 saturated carbocycles. The van der Waals surface area contributed by atoms with Crippen LogP contribution in [0.25, 0.3) is 11.3 Å². The molecule has 0 radical (unpaired) electrons. The lowest BCUT2D eigenvalue weighted by Gasteiger charge is -2.26. The normalized spacial score (nSPS) is 15.9. The van der Waals surface area contributed by atoms with Crippen LogP contribution in [0, 0.1) is 5.82 Å². The minimum absolute atomic E-state index is 0.0703. The van der Waals surface area contributed by atoms with Gasteiger partial charge in [-0.2, -0.15) is 5.10 Å². The molecule has 1 aromatic heterocycles. The molecule has 144 valence electrons. The average molecular weight is 379 g/mol. The number of halogens is 1. The fourth-order valence-corrected chi connectivity index (χ4v) is 3.86. The van der Waals surface area contributed by atoms with E-state index in [0.29, 0.717) is 34.6 Å². The Balaban J connectivity index is 1.86. The molecule has 28 heavy (non-hydrogen) atoms. The zero-order valence-corrected chi connectivity index (χ0v) is 15.7. The molecule has 0 spiro atoms. The summed E-state index contributed by atoms with van der Waals surface area (Å²) in [7, 11) is 0. The number of hydrogen-bond acceptors (Lipinski definition) is 3. The summed E-state index contributed by atoms with van der Waals surface area (Å²) in [4.78, 5) is 14.8. The second-order valence-electron chi connectivity index (χ2n) is 7.01. The maximum Gasteiger partial charge on any atom is 0.273 e. The van der Waals surface area contributed by atoms with Crippen molar-refractivity contribution in [2.24, 2.45) is 0 Å². The number of hydrogen-bond donors (Lipinski definition) is 2. The van der Waals surface area contributed by atoms with Gasteiger partial charge in [-0.15, -0.1) is 0 Å². The monoisotopic (exact) mass is 379 g/mol. The Labute approximate surface area is 162 Å². The average Bonchev–Trinajstić information content (AvgIpc) is 3.23. The van der Waals surface area contributed by atoms with E-state index in [1.165, 1.54) is 6.07 Å². The van der Waals surface area contributed by atoms with Crippen molar-refractivity contribution in [3.05, 3.63) is 71.2 Å². The molecular formula is C22H22FN3O2. The second-order valence-corrected chi connectivity index (χ2v) is 7.01. The third kappa shape index (κ3) is 2.95. The number of phenolic OH excluding ortho intramolecular Hbond substituents is 1. The molecular weight excluding hydrogens is 357 g/mol. The largest absolute Gasteiger partial charge is 0.507 e. The number of carbonyl (C=O) groups excluding carboxylic acids is 1. The Hall–Kier alpha value is -3.15.